The van der Waals surface area contributed by atoms with Crippen molar-refractivity contribution in [3.05, 3.63) is 89.5 Å². The van der Waals surface area contributed by atoms with Crippen LogP contribution in [0.2, 0.25) is 0 Å². The maximum atomic E-state index is 4.57. The molecule has 0 bridgehead atoms. The average Bonchev–Trinajstić information content (AvgIpc) is 2.67. The summed E-state index contributed by atoms with van der Waals surface area (Å²) in [5.41, 5.74) is 5.76. The van der Waals surface area contributed by atoms with Gasteiger partial charge in [0.1, 0.15) is 5.69 Å². The first-order valence-corrected chi connectivity index (χ1v) is 8.83. The Morgan fingerprint density at radius 1 is 0.769 bits per heavy atom. The lowest BCUT2D eigenvalue weighted by Gasteiger charge is -2.13. The molecule has 128 valence electrons. The van der Waals surface area contributed by atoms with E-state index in [-0.39, 0.29) is 0 Å². The Labute approximate surface area is 153 Å². The van der Waals surface area contributed by atoms with Gasteiger partial charge >= 0.3 is 0 Å². The number of hydrogen-bond acceptors (Lipinski definition) is 3. The molecule has 0 aliphatic rings. The van der Waals surface area contributed by atoms with E-state index in [1.54, 1.807) is 0 Å². The van der Waals surface area contributed by atoms with Crippen molar-refractivity contribution < 1.29 is 0 Å². The van der Waals surface area contributed by atoms with E-state index >= 15 is 0 Å². The van der Waals surface area contributed by atoms with Gasteiger partial charge in [-0.05, 0) is 25.0 Å². The lowest BCUT2D eigenvalue weighted by molar-refractivity contribution is 1.02. The fourth-order valence-corrected chi connectivity index (χ4v) is 3.29. The van der Waals surface area contributed by atoms with E-state index in [2.05, 4.69) is 77.9 Å². The minimum atomic E-state index is 0.725. The molecule has 1 aromatic heterocycles. The summed E-state index contributed by atoms with van der Waals surface area (Å²) in [6.07, 6.45) is 0. The van der Waals surface area contributed by atoms with Gasteiger partial charge in [-0.3, -0.25) is 0 Å². The molecular weight excluding hydrogens is 318 g/mol. The lowest BCUT2D eigenvalue weighted by atomic mass is 9.99. The van der Waals surface area contributed by atoms with Gasteiger partial charge in [0.05, 0.1) is 0 Å². The number of anilines is 1. The molecule has 0 spiro atoms. The van der Waals surface area contributed by atoms with E-state index in [9.17, 15) is 0 Å². The van der Waals surface area contributed by atoms with Gasteiger partial charge in [0.25, 0.3) is 0 Å². The summed E-state index contributed by atoms with van der Waals surface area (Å²) in [6.45, 7) is 4.96. The van der Waals surface area contributed by atoms with Gasteiger partial charge < -0.3 is 5.32 Å². The van der Waals surface area contributed by atoms with Crippen LogP contribution in [0.15, 0.2) is 72.8 Å². The number of nitrogens with one attached hydrogen (secondary N) is 1. The number of rotatable bonds is 4. The van der Waals surface area contributed by atoms with Crippen LogP contribution in [0.4, 0.5) is 5.82 Å². The second kappa shape index (κ2) is 6.96. The molecule has 0 amide bonds. The summed E-state index contributed by atoms with van der Waals surface area (Å²) in [5.74, 6) is 0.818. The number of fused-ring (bicyclic) bond motifs is 1. The van der Waals surface area contributed by atoms with Crippen molar-refractivity contribution in [3.63, 3.8) is 0 Å². The predicted molar refractivity (Wildman–Crippen MR) is 108 cm³/mol. The number of aryl methyl sites for hydroxylation is 2. The van der Waals surface area contributed by atoms with Crippen LogP contribution < -0.4 is 5.32 Å². The Bertz CT molecular complexity index is 1060. The highest BCUT2D eigenvalue weighted by atomic mass is 15.2. The third kappa shape index (κ3) is 3.16. The smallest absolute Gasteiger partial charge is 0.156 e. The van der Waals surface area contributed by atoms with E-state index in [0.717, 1.165) is 34.4 Å². The molecule has 1 N–H and O–H groups in total. The van der Waals surface area contributed by atoms with Crippen LogP contribution in [0.3, 0.4) is 0 Å². The zero-order valence-electron chi connectivity index (χ0n) is 15.0. The zero-order chi connectivity index (χ0) is 17.9. The van der Waals surface area contributed by atoms with Crippen molar-refractivity contribution >= 4 is 16.6 Å². The third-order valence-corrected chi connectivity index (χ3v) is 4.63. The summed E-state index contributed by atoms with van der Waals surface area (Å²) >= 11 is 0. The van der Waals surface area contributed by atoms with Crippen LogP contribution in [0.25, 0.3) is 22.0 Å². The standard InChI is InChI=1S/C23H21N3/c1-16-12-13-19(17(2)14-16)22-20-10-6-7-11-21(20)23(26-25-22)24-15-18-8-4-3-5-9-18/h3-14H,15H2,1-2H3,(H,24,26). The fraction of sp³-hybridized carbons (Fsp3) is 0.130. The summed E-state index contributed by atoms with van der Waals surface area (Å²) in [5, 5.41) is 14.7. The Morgan fingerprint density at radius 3 is 2.27 bits per heavy atom. The molecule has 3 heteroatoms. The minimum absolute atomic E-state index is 0.725. The molecule has 0 unspecified atom stereocenters. The highest BCUT2D eigenvalue weighted by molar-refractivity contribution is 6.00. The van der Waals surface area contributed by atoms with Crippen LogP contribution in [0.5, 0.6) is 0 Å². The first-order chi connectivity index (χ1) is 12.7. The van der Waals surface area contributed by atoms with E-state index in [1.165, 1.54) is 16.7 Å². The maximum absolute atomic E-state index is 4.57. The quantitative estimate of drug-likeness (QED) is 0.531. The second-order valence-corrected chi connectivity index (χ2v) is 6.60. The molecule has 26 heavy (non-hydrogen) atoms. The van der Waals surface area contributed by atoms with Crippen LogP contribution in [-0.2, 0) is 6.54 Å². The molecule has 0 atom stereocenters. The van der Waals surface area contributed by atoms with Gasteiger partial charge in [0, 0.05) is 22.9 Å². The van der Waals surface area contributed by atoms with Gasteiger partial charge in [-0.25, -0.2) is 0 Å². The number of hydrogen-bond donors (Lipinski definition) is 1. The van der Waals surface area contributed by atoms with E-state index < -0.39 is 0 Å². The molecule has 0 aliphatic heterocycles. The number of nitrogens with zero attached hydrogens (tertiary/aromatic N) is 2. The van der Waals surface area contributed by atoms with E-state index in [1.807, 2.05) is 24.3 Å². The molecule has 0 fully saturated rings. The molecule has 4 rings (SSSR count). The van der Waals surface area contributed by atoms with Crippen LogP contribution in [0.1, 0.15) is 16.7 Å². The highest BCUT2D eigenvalue weighted by Crippen LogP contribution is 2.31. The Balaban J connectivity index is 1.76. The number of aromatic nitrogens is 2. The Hall–Kier alpha value is -3.20. The topological polar surface area (TPSA) is 37.8 Å². The predicted octanol–water partition coefficient (Wildman–Crippen LogP) is 5.53. The molecule has 0 saturated carbocycles. The second-order valence-electron chi connectivity index (χ2n) is 6.60. The van der Waals surface area contributed by atoms with Crippen molar-refractivity contribution in [1.82, 2.24) is 10.2 Å². The van der Waals surface area contributed by atoms with Crippen molar-refractivity contribution in [1.29, 1.82) is 0 Å². The molecule has 3 nitrogen and oxygen atoms in total. The van der Waals surface area contributed by atoms with Crippen LogP contribution in [-0.4, -0.2) is 10.2 Å². The highest BCUT2D eigenvalue weighted by Gasteiger charge is 2.12. The molecule has 4 aromatic rings. The molecule has 3 aromatic carbocycles. The summed E-state index contributed by atoms with van der Waals surface area (Å²) < 4.78 is 0. The molecule has 1 heterocycles. The average molecular weight is 339 g/mol. The van der Waals surface area contributed by atoms with Gasteiger partial charge in [0.15, 0.2) is 5.82 Å². The summed E-state index contributed by atoms with van der Waals surface area (Å²) in [6, 6.07) is 25.1. The minimum Gasteiger partial charge on any atom is -0.364 e. The van der Waals surface area contributed by atoms with Gasteiger partial charge in [-0.2, -0.15) is 0 Å². The van der Waals surface area contributed by atoms with E-state index in [0.29, 0.717) is 0 Å². The zero-order valence-corrected chi connectivity index (χ0v) is 15.0. The van der Waals surface area contributed by atoms with Crippen molar-refractivity contribution in [2.75, 3.05) is 5.32 Å². The summed E-state index contributed by atoms with van der Waals surface area (Å²) in [4.78, 5) is 0. The van der Waals surface area contributed by atoms with Crippen LogP contribution in [0, 0.1) is 13.8 Å². The maximum Gasteiger partial charge on any atom is 0.156 e. The third-order valence-electron chi connectivity index (χ3n) is 4.63. The van der Waals surface area contributed by atoms with Gasteiger partial charge in [-0.15, -0.1) is 10.2 Å². The number of benzene rings is 3. The monoisotopic (exact) mass is 339 g/mol. The van der Waals surface area contributed by atoms with Crippen molar-refractivity contribution in [3.8, 4) is 11.3 Å². The molecule has 0 radical (unpaired) electrons. The lowest BCUT2D eigenvalue weighted by Crippen LogP contribution is -2.04. The normalized spacial score (nSPS) is 10.8. The SMILES string of the molecule is Cc1ccc(-c2nnc(NCc3ccccc3)c3ccccc23)c(C)c1. The van der Waals surface area contributed by atoms with Crippen molar-refractivity contribution in [2.45, 2.75) is 20.4 Å². The Morgan fingerprint density at radius 2 is 1.50 bits per heavy atom. The molecule has 0 saturated heterocycles. The first-order valence-electron chi connectivity index (χ1n) is 8.83. The van der Waals surface area contributed by atoms with E-state index in [4.69, 9.17) is 0 Å². The van der Waals surface area contributed by atoms with Crippen LogP contribution >= 0.6 is 0 Å². The molecule has 0 aliphatic carbocycles. The fourth-order valence-electron chi connectivity index (χ4n) is 3.29. The first kappa shape index (κ1) is 16.3. The van der Waals surface area contributed by atoms with Gasteiger partial charge in [-0.1, -0.05) is 78.4 Å². The van der Waals surface area contributed by atoms with Gasteiger partial charge in [0.2, 0.25) is 0 Å². The van der Waals surface area contributed by atoms with Crippen molar-refractivity contribution in [2.24, 2.45) is 0 Å². The largest absolute Gasteiger partial charge is 0.364 e. The molecular formula is C23H21N3. The Kier molecular flexibility index (Phi) is 4.36. The summed E-state index contributed by atoms with van der Waals surface area (Å²) in [7, 11) is 0.